The van der Waals surface area contributed by atoms with Crippen molar-refractivity contribution >= 4 is 0 Å². The second-order valence-electron chi connectivity index (χ2n) is 6.02. The van der Waals surface area contributed by atoms with E-state index in [1.165, 1.54) is 12.8 Å². The zero-order valence-electron chi connectivity index (χ0n) is 12.2. The average Bonchev–Trinajstić information content (AvgIpc) is 3.22. The fourth-order valence-corrected chi connectivity index (χ4v) is 2.84. The number of aromatic nitrogens is 3. The predicted molar refractivity (Wildman–Crippen MR) is 80.4 cm³/mol. The Kier molecular flexibility index (Phi) is 3.45. The lowest BCUT2D eigenvalue weighted by atomic mass is 10.2. The molecule has 2 aromatic heterocycles. The van der Waals surface area contributed by atoms with Gasteiger partial charge < -0.3 is 9.88 Å². The second-order valence-corrected chi connectivity index (χ2v) is 6.02. The predicted octanol–water partition coefficient (Wildman–Crippen LogP) is 1.55. The van der Waals surface area contributed by atoms with E-state index >= 15 is 0 Å². The summed E-state index contributed by atoms with van der Waals surface area (Å²) < 4.78 is 2.24. The van der Waals surface area contributed by atoms with Crippen LogP contribution in [0.3, 0.4) is 0 Å². The van der Waals surface area contributed by atoms with Gasteiger partial charge in [-0.3, -0.25) is 9.88 Å². The third kappa shape index (κ3) is 3.14. The minimum atomic E-state index is 0.733. The molecule has 5 nitrogen and oxygen atoms in total. The molecule has 1 fully saturated rings. The van der Waals surface area contributed by atoms with E-state index < -0.39 is 0 Å². The summed E-state index contributed by atoms with van der Waals surface area (Å²) in [5.41, 5.74) is 2.31. The van der Waals surface area contributed by atoms with Gasteiger partial charge in [0.25, 0.3) is 0 Å². The maximum absolute atomic E-state index is 4.78. The Balaban J connectivity index is 1.39. The molecule has 3 heterocycles. The maximum atomic E-state index is 4.78. The van der Waals surface area contributed by atoms with Gasteiger partial charge in [-0.05, 0) is 25.0 Å². The normalized spacial score (nSPS) is 18.7. The molecule has 21 heavy (non-hydrogen) atoms. The van der Waals surface area contributed by atoms with Gasteiger partial charge in [0, 0.05) is 44.6 Å². The fraction of sp³-hybridized carbons (Fsp3) is 0.500. The van der Waals surface area contributed by atoms with Crippen LogP contribution in [-0.4, -0.2) is 32.0 Å². The van der Waals surface area contributed by atoms with Crippen molar-refractivity contribution in [2.45, 2.75) is 45.1 Å². The molecule has 110 valence electrons. The molecule has 0 radical (unpaired) electrons. The Morgan fingerprint density at radius 1 is 1.19 bits per heavy atom. The molecule has 1 aliphatic carbocycles. The Bertz CT molecular complexity index is 617. The van der Waals surface area contributed by atoms with Gasteiger partial charge in [-0.2, -0.15) is 0 Å². The van der Waals surface area contributed by atoms with E-state index in [0.29, 0.717) is 0 Å². The van der Waals surface area contributed by atoms with Crippen molar-refractivity contribution in [2.75, 3.05) is 6.54 Å². The number of pyridine rings is 1. The lowest BCUT2D eigenvalue weighted by Crippen LogP contribution is -2.33. The highest BCUT2D eigenvalue weighted by molar-refractivity contribution is 5.12. The van der Waals surface area contributed by atoms with Crippen LogP contribution >= 0.6 is 0 Å². The molecule has 4 rings (SSSR count). The number of hydrogen-bond donors (Lipinski definition) is 1. The first kappa shape index (κ1) is 13.0. The molecule has 0 unspecified atom stereocenters. The third-order valence-electron chi connectivity index (χ3n) is 4.22. The molecule has 5 heteroatoms. The lowest BCUT2D eigenvalue weighted by molar-refractivity contribution is 0.206. The Labute approximate surface area is 125 Å². The van der Waals surface area contributed by atoms with Gasteiger partial charge in [-0.15, -0.1) is 0 Å². The zero-order chi connectivity index (χ0) is 14.1. The first-order valence-electron chi connectivity index (χ1n) is 7.77. The van der Waals surface area contributed by atoms with Gasteiger partial charge in [-0.25, -0.2) is 4.98 Å². The summed E-state index contributed by atoms with van der Waals surface area (Å²) in [5, 5.41) is 3.52. The summed E-state index contributed by atoms with van der Waals surface area (Å²) in [6.45, 7) is 4.81. The molecule has 0 atom stereocenters. The summed E-state index contributed by atoms with van der Waals surface area (Å²) in [4.78, 5) is 11.6. The van der Waals surface area contributed by atoms with E-state index in [9.17, 15) is 0 Å². The number of nitrogens with zero attached hydrogens (tertiary/aromatic N) is 4. The van der Waals surface area contributed by atoms with Crippen molar-refractivity contribution in [2.24, 2.45) is 0 Å². The molecular weight excluding hydrogens is 262 g/mol. The van der Waals surface area contributed by atoms with Gasteiger partial charge in [-0.1, -0.05) is 6.07 Å². The molecule has 1 N–H and O–H groups in total. The zero-order valence-corrected chi connectivity index (χ0v) is 12.2. The minimum Gasteiger partial charge on any atom is -0.333 e. The van der Waals surface area contributed by atoms with Crippen molar-refractivity contribution in [1.29, 1.82) is 0 Å². The van der Waals surface area contributed by atoms with Crippen LogP contribution in [0.5, 0.6) is 0 Å². The standard InChI is InChI=1S/C16H21N5/c1-2-14(10-18-13-4-5-13)19-15(3-1)11-20-8-9-21-7-6-17-16(21)12-20/h1-3,6-7,13,18H,4-5,8-12H2. The van der Waals surface area contributed by atoms with E-state index in [-0.39, 0.29) is 0 Å². The van der Waals surface area contributed by atoms with Gasteiger partial charge >= 0.3 is 0 Å². The highest BCUT2D eigenvalue weighted by Gasteiger charge is 2.20. The molecular formula is C16H21N5. The van der Waals surface area contributed by atoms with Crippen LogP contribution in [0.1, 0.15) is 30.1 Å². The van der Waals surface area contributed by atoms with Crippen LogP contribution in [0.2, 0.25) is 0 Å². The lowest BCUT2D eigenvalue weighted by Gasteiger charge is -2.27. The quantitative estimate of drug-likeness (QED) is 0.904. The maximum Gasteiger partial charge on any atom is 0.122 e. The average molecular weight is 283 g/mol. The summed E-state index contributed by atoms with van der Waals surface area (Å²) in [6, 6.07) is 7.09. The van der Waals surface area contributed by atoms with Crippen LogP contribution in [0, 0.1) is 0 Å². The van der Waals surface area contributed by atoms with Crippen LogP contribution < -0.4 is 5.32 Å². The number of nitrogens with one attached hydrogen (secondary N) is 1. The molecule has 0 spiro atoms. The first-order valence-corrected chi connectivity index (χ1v) is 7.77. The van der Waals surface area contributed by atoms with Gasteiger partial charge in [0.05, 0.1) is 17.9 Å². The van der Waals surface area contributed by atoms with Crippen molar-refractivity contribution in [3.8, 4) is 0 Å². The first-order chi connectivity index (χ1) is 10.4. The van der Waals surface area contributed by atoms with Gasteiger partial charge in [0.2, 0.25) is 0 Å². The van der Waals surface area contributed by atoms with Crippen LogP contribution in [0.4, 0.5) is 0 Å². The molecule has 2 aromatic rings. The van der Waals surface area contributed by atoms with E-state index in [1.807, 2.05) is 6.20 Å². The summed E-state index contributed by atoms with van der Waals surface area (Å²) in [6.07, 6.45) is 6.59. The van der Waals surface area contributed by atoms with Gasteiger partial charge in [0.1, 0.15) is 5.82 Å². The van der Waals surface area contributed by atoms with E-state index in [0.717, 1.165) is 56.0 Å². The Morgan fingerprint density at radius 3 is 3.00 bits per heavy atom. The molecule has 0 bridgehead atoms. The molecule has 1 aliphatic heterocycles. The molecule has 0 saturated heterocycles. The van der Waals surface area contributed by atoms with Crippen LogP contribution in [0.15, 0.2) is 30.6 Å². The molecule has 0 amide bonds. The van der Waals surface area contributed by atoms with Crippen molar-refractivity contribution < 1.29 is 0 Å². The van der Waals surface area contributed by atoms with Crippen molar-refractivity contribution in [3.63, 3.8) is 0 Å². The fourth-order valence-electron chi connectivity index (χ4n) is 2.84. The summed E-state index contributed by atoms with van der Waals surface area (Å²) in [5.74, 6) is 1.16. The molecule has 1 saturated carbocycles. The highest BCUT2D eigenvalue weighted by atomic mass is 15.2. The second kappa shape index (κ2) is 5.58. The van der Waals surface area contributed by atoms with E-state index in [2.05, 4.69) is 44.2 Å². The number of hydrogen-bond acceptors (Lipinski definition) is 4. The third-order valence-corrected chi connectivity index (χ3v) is 4.22. The largest absolute Gasteiger partial charge is 0.333 e. The Hall–Kier alpha value is -1.72. The highest BCUT2D eigenvalue weighted by Crippen LogP contribution is 2.19. The number of imidazole rings is 1. The number of fused-ring (bicyclic) bond motifs is 1. The van der Waals surface area contributed by atoms with Crippen LogP contribution in [0.25, 0.3) is 0 Å². The molecule has 0 aromatic carbocycles. The SMILES string of the molecule is c1cc(CNC2CC2)nc(CN2CCn3ccnc3C2)c1. The van der Waals surface area contributed by atoms with E-state index in [4.69, 9.17) is 4.98 Å². The Morgan fingerprint density at radius 2 is 2.10 bits per heavy atom. The van der Waals surface area contributed by atoms with E-state index in [1.54, 1.807) is 0 Å². The number of rotatable bonds is 5. The van der Waals surface area contributed by atoms with Crippen LogP contribution in [-0.2, 0) is 26.2 Å². The smallest absolute Gasteiger partial charge is 0.122 e. The van der Waals surface area contributed by atoms with Gasteiger partial charge in [0.15, 0.2) is 0 Å². The molecule has 2 aliphatic rings. The monoisotopic (exact) mass is 283 g/mol. The minimum absolute atomic E-state index is 0.733. The summed E-state index contributed by atoms with van der Waals surface area (Å²) >= 11 is 0. The topological polar surface area (TPSA) is 46.0 Å². The summed E-state index contributed by atoms with van der Waals surface area (Å²) in [7, 11) is 0. The van der Waals surface area contributed by atoms with Crippen molar-refractivity contribution in [3.05, 3.63) is 47.8 Å². The van der Waals surface area contributed by atoms with Crippen molar-refractivity contribution in [1.82, 2.24) is 24.8 Å².